The Kier molecular flexibility index (Phi) is 5.77. The minimum Gasteiger partial charge on any atom is -0.378 e. The van der Waals surface area contributed by atoms with E-state index >= 15 is 0 Å². The first-order valence-corrected chi connectivity index (χ1v) is 6.97. The van der Waals surface area contributed by atoms with Crippen LogP contribution in [-0.2, 0) is 4.74 Å². The van der Waals surface area contributed by atoms with Crippen molar-refractivity contribution in [2.24, 2.45) is 11.3 Å². The van der Waals surface area contributed by atoms with Crippen molar-refractivity contribution in [1.29, 1.82) is 0 Å². The van der Waals surface area contributed by atoms with Gasteiger partial charge in [0.25, 0.3) is 0 Å². The van der Waals surface area contributed by atoms with E-state index in [1.165, 1.54) is 25.7 Å². The van der Waals surface area contributed by atoms with E-state index in [1.54, 1.807) is 0 Å². The minimum atomic E-state index is 0.393. The average molecular weight is 227 g/mol. The molecule has 0 aromatic carbocycles. The lowest BCUT2D eigenvalue weighted by molar-refractivity contribution is 0.0501. The molecule has 96 valence electrons. The van der Waals surface area contributed by atoms with E-state index in [-0.39, 0.29) is 0 Å². The molecule has 3 atom stereocenters. The molecule has 1 aliphatic rings. The lowest BCUT2D eigenvalue weighted by Crippen LogP contribution is -2.41. The second-order valence-electron chi connectivity index (χ2n) is 5.52. The Balaban J connectivity index is 2.54. The van der Waals surface area contributed by atoms with Crippen molar-refractivity contribution < 1.29 is 4.74 Å². The fraction of sp³-hybridized carbons (Fsp3) is 1.00. The van der Waals surface area contributed by atoms with Crippen molar-refractivity contribution in [1.82, 2.24) is 5.32 Å². The van der Waals surface area contributed by atoms with Gasteiger partial charge in [-0.3, -0.25) is 0 Å². The Morgan fingerprint density at radius 3 is 2.69 bits per heavy atom. The van der Waals surface area contributed by atoms with Gasteiger partial charge in [-0.2, -0.15) is 0 Å². The smallest absolute Gasteiger partial charge is 0.0616 e. The lowest BCUT2D eigenvalue weighted by atomic mass is 9.74. The highest BCUT2D eigenvalue weighted by atomic mass is 16.5. The largest absolute Gasteiger partial charge is 0.378 e. The molecule has 2 nitrogen and oxygen atoms in total. The lowest BCUT2D eigenvalue weighted by Gasteiger charge is -2.35. The molecule has 0 aromatic heterocycles. The maximum Gasteiger partial charge on any atom is 0.0616 e. The summed E-state index contributed by atoms with van der Waals surface area (Å²) in [5.41, 5.74) is 0.393. The summed E-state index contributed by atoms with van der Waals surface area (Å²) < 4.78 is 5.80. The molecule has 0 amide bonds. The first-order valence-electron chi connectivity index (χ1n) is 6.97. The molecule has 16 heavy (non-hydrogen) atoms. The molecule has 0 radical (unpaired) electrons. The van der Waals surface area contributed by atoms with Gasteiger partial charge in [0.15, 0.2) is 0 Å². The van der Waals surface area contributed by atoms with Gasteiger partial charge in [0.2, 0.25) is 0 Å². The van der Waals surface area contributed by atoms with E-state index < -0.39 is 0 Å². The second-order valence-corrected chi connectivity index (χ2v) is 5.52. The standard InChI is InChI=1S/C14H29NO/c1-5-8-15-11-14(10-12(3)6-2)7-9-16-13(14)4/h12-13,15H,5-11H2,1-4H3. The van der Waals surface area contributed by atoms with Crippen LogP contribution in [0.25, 0.3) is 0 Å². The van der Waals surface area contributed by atoms with Crippen LogP contribution in [0.2, 0.25) is 0 Å². The summed E-state index contributed by atoms with van der Waals surface area (Å²) in [6, 6.07) is 0. The van der Waals surface area contributed by atoms with Gasteiger partial charge in [-0.1, -0.05) is 27.2 Å². The number of ether oxygens (including phenoxy) is 1. The zero-order valence-electron chi connectivity index (χ0n) is 11.5. The van der Waals surface area contributed by atoms with Crippen LogP contribution in [0, 0.1) is 11.3 Å². The molecule has 1 saturated heterocycles. The SMILES string of the molecule is CCCNCC1(CC(C)CC)CCOC1C. The van der Waals surface area contributed by atoms with Crippen LogP contribution in [0.4, 0.5) is 0 Å². The van der Waals surface area contributed by atoms with Gasteiger partial charge in [0, 0.05) is 18.6 Å². The maximum absolute atomic E-state index is 5.80. The summed E-state index contributed by atoms with van der Waals surface area (Å²) >= 11 is 0. The summed E-state index contributed by atoms with van der Waals surface area (Å²) in [6.07, 6.45) is 5.46. The number of hydrogen-bond acceptors (Lipinski definition) is 2. The van der Waals surface area contributed by atoms with Gasteiger partial charge in [0.05, 0.1) is 6.10 Å². The van der Waals surface area contributed by atoms with Crippen LogP contribution >= 0.6 is 0 Å². The van der Waals surface area contributed by atoms with Crippen LogP contribution in [0.3, 0.4) is 0 Å². The van der Waals surface area contributed by atoms with E-state index in [2.05, 4.69) is 33.0 Å². The molecule has 1 aliphatic heterocycles. The molecular weight excluding hydrogens is 198 g/mol. The van der Waals surface area contributed by atoms with Gasteiger partial charge < -0.3 is 10.1 Å². The molecule has 0 bridgehead atoms. The van der Waals surface area contributed by atoms with Gasteiger partial charge >= 0.3 is 0 Å². The van der Waals surface area contributed by atoms with E-state index in [0.717, 1.165) is 25.6 Å². The first kappa shape index (κ1) is 14.0. The fourth-order valence-corrected chi connectivity index (χ4v) is 2.74. The zero-order chi connectivity index (χ0) is 12.0. The first-order chi connectivity index (χ1) is 7.64. The predicted octanol–water partition coefficient (Wildman–Crippen LogP) is 3.22. The van der Waals surface area contributed by atoms with Crippen LogP contribution < -0.4 is 5.32 Å². The molecular formula is C14H29NO. The molecule has 0 aromatic rings. The van der Waals surface area contributed by atoms with Crippen molar-refractivity contribution in [3.05, 3.63) is 0 Å². The normalized spacial score (nSPS) is 31.9. The van der Waals surface area contributed by atoms with E-state index in [1.807, 2.05) is 0 Å². The summed E-state index contributed by atoms with van der Waals surface area (Å²) in [4.78, 5) is 0. The topological polar surface area (TPSA) is 21.3 Å². The van der Waals surface area contributed by atoms with Crippen molar-refractivity contribution >= 4 is 0 Å². The van der Waals surface area contributed by atoms with Crippen molar-refractivity contribution in [3.63, 3.8) is 0 Å². The molecule has 2 heteroatoms. The third-order valence-electron chi connectivity index (χ3n) is 4.19. The van der Waals surface area contributed by atoms with Gasteiger partial charge in [-0.05, 0) is 38.6 Å². The van der Waals surface area contributed by atoms with Gasteiger partial charge in [-0.15, -0.1) is 0 Å². The number of hydrogen-bond donors (Lipinski definition) is 1. The second kappa shape index (κ2) is 6.61. The van der Waals surface area contributed by atoms with Crippen molar-refractivity contribution in [2.75, 3.05) is 19.7 Å². The van der Waals surface area contributed by atoms with Crippen LogP contribution in [0.5, 0.6) is 0 Å². The highest BCUT2D eigenvalue weighted by Crippen LogP contribution is 2.40. The monoisotopic (exact) mass is 227 g/mol. The molecule has 0 spiro atoms. The predicted molar refractivity (Wildman–Crippen MR) is 69.7 cm³/mol. The number of nitrogens with one attached hydrogen (secondary N) is 1. The highest BCUT2D eigenvalue weighted by molar-refractivity contribution is 4.92. The molecule has 1 rings (SSSR count). The van der Waals surface area contributed by atoms with Gasteiger partial charge in [0.1, 0.15) is 0 Å². The van der Waals surface area contributed by atoms with Crippen LogP contribution in [0.15, 0.2) is 0 Å². The molecule has 0 saturated carbocycles. The third-order valence-corrected chi connectivity index (χ3v) is 4.19. The third kappa shape index (κ3) is 3.46. The molecule has 1 N–H and O–H groups in total. The summed E-state index contributed by atoms with van der Waals surface area (Å²) in [7, 11) is 0. The maximum atomic E-state index is 5.80. The van der Waals surface area contributed by atoms with Crippen LogP contribution in [0.1, 0.15) is 53.4 Å². The minimum absolute atomic E-state index is 0.393. The summed E-state index contributed by atoms with van der Waals surface area (Å²) in [5, 5.41) is 3.60. The molecule has 3 unspecified atom stereocenters. The van der Waals surface area contributed by atoms with Gasteiger partial charge in [-0.25, -0.2) is 0 Å². The zero-order valence-corrected chi connectivity index (χ0v) is 11.5. The quantitative estimate of drug-likeness (QED) is 0.674. The van der Waals surface area contributed by atoms with Crippen molar-refractivity contribution in [3.8, 4) is 0 Å². The fourth-order valence-electron chi connectivity index (χ4n) is 2.74. The highest BCUT2D eigenvalue weighted by Gasteiger charge is 2.41. The average Bonchev–Trinajstić information content (AvgIpc) is 2.61. The summed E-state index contributed by atoms with van der Waals surface area (Å²) in [6.45, 7) is 12.4. The number of rotatable bonds is 7. The van der Waals surface area contributed by atoms with E-state index in [0.29, 0.717) is 11.5 Å². The molecule has 1 heterocycles. The Morgan fingerprint density at radius 1 is 1.44 bits per heavy atom. The Bertz CT molecular complexity index is 195. The Hall–Kier alpha value is -0.0800. The Morgan fingerprint density at radius 2 is 2.19 bits per heavy atom. The molecule has 0 aliphatic carbocycles. The van der Waals surface area contributed by atoms with Crippen molar-refractivity contribution in [2.45, 2.75) is 59.5 Å². The van der Waals surface area contributed by atoms with Crippen LogP contribution in [-0.4, -0.2) is 25.8 Å². The van der Waals surface area contributed by atoms with E-state index in [4.69, 9.17) is 4.74 Å². The molecule has 1 fully saturated rings. The van der Waals surface area contributed by atoms with E-state index in [9.17, 15) is 0 Å². The Labute approximate surface area is 101 Å². The summed E-state index contributed by atoms with van der Waals surface area (Å²) in [5.74, 6) is 0.813.